The fourth-order valence-electron chi connectivity index (χ4n) is 0.702. The van der Waals surface area contributed by atoms with E-state index in [0.717, 1.165) is 6.42 Å². The van der Waals surface area contributed by atoms with E-state index in [0.29, 0.717) is 0 Å². The molecule has 0 heteroatoms. The van der Waals surface area contributed by atoms with Gasteiger partial charge in [0.25, 0.3) is 0 Å². The minimum Gasteiger partial charge on any atom is -0.103 e. The summed E-state index contributed by atoms with van der Waals surface area (Å²) in [6, 6.07) is 0. The fraction of sp³-hybridized carbons (Fsp3) is 0.667. The van der Waals surface area contributed by atoms with Crippen LogP contribution in [0.2, 0.25) is 0 Å². The van der Waals surface area contributed by atoms with Gasteiger partial charge in [0.2, 0.25) is 0 Å². The van der Waals surface area contributed by atoms with Crippen LogP contribution in [0.25, 0.3) is 0 Å². The highest BCUT2D eigenvalue weighted by atomic mass is 14.3. The van der Waals surface area contributed by atoms with Crippen molar-refractivity contribution in [1.29, 1.82) is 0 Å². The van der Waals surface area contributed by atoms with Crippen molar-refractivity contribution < 1.29 is 0 Å². The maximum absolute atomic E-state index is 3.80. The molecule has 0 N–H and O–H groups in total. The van der Waals surface area contributed by atoms with Crippen LogP contribution in [0.4, 0.5) is 0 Å². The molecule has 0 saturated carbocycles. The predicted octanol–water partition coefficient (Wildman–Crippen LogP) is 3.20. The van der Waals surface area contributed by atoms with E-state index in [2.05, 4.69) is 34.3 Å². The Labute approximate surface area is 59.0 Å². The van der Waals surface area contributed by atoms with E-state index in [1.807, 2.05) is 6.08 Å². The van der Waals surface area contributed by atoms with Crippen LogP contribution in [0.5, 0.6) is 0 Å². The maximum Gasteiger partial charge on any atom is -0.00953 e. The number of allylic oxidation sites excluding steroid dienone is 1. The van der Waals surface area contributed by atoms with E-state index in [9.17, 15) is 0 Å². The van der Waals surface area contributed by atoms with E-state index in [-0.39, 0.29) is 5.41 Å². The summed E-state index contributed by atoms with van der Waals surface area (Å²) in [5, 5.41) is 0. The Morgan fingerprint density at radius 1 is 1.56 bits per heavy atom. The summed E-state index contributed by atoms with van der Waals surface area (Å²) in [6.07, 6.45) is 3.18. The summed E-state index contributed by atoms with van der Waals surface area (Å²) in [5.41, 5.74) is 0.264. The third-order valence-electron chi connectivity index (χ3n) is 2.33. The van der Waals surface area contributed by atoms with Gasteiger partial charge in [-0.1, -0.05) is 33.8 Å². The van der Waals surface area contributed by atoms with Crippen molar-refractivity contribution in [1.82, 2.24) is 0 Å². The zero-order valence-electron chi connectivity index (χ0n) is 6.99. The molecule has 0 aliphatic carbocycles. The van der Waals surface area contributed by atoms with Crippen LogP contribution in [0, 0.1) is 11.3 Å². The average molecular weight is 125 g/mol. The maximum atomic E-state index is 3.80. The number of hydrogen-bond donors (Lipinski definition) is 0. The minimum absolute atomic E-state index is 0.264. The molecule has 0 amide bonds. The summed E-state index contributed by atoms with van der Waals surface area (Å²) < 4.78 is 0. The first-order valence-corrected chi connectivity index (χ1v) is 3.51. The van der Waals surface area contributed by atoms with Gasteiger partial charge in [-0.2, -0.15) is 0 Å². The average Bonchev–Trinajstić information content (AvgIpc) is 1.86. The first-order valence-electron chi connectivity index (χ1n) is 3.51. The monoisotopic (exact) mass is 125 g/mol. The van der Waals surface area contributed by atoms with Crippen molar-refractivity contribution in [3.63, 3.8) is 0 Å². The van der Waals surface area contributed by atoms with Crippen LogP contribution in [0.1, 0.15) is 34.1 Å². The summed E-state index contributed by atoms with van der Waals surface area (Å²) in [5.74, 6) is 1.44. The number of hydrogen-bond acceptors (Lipinski definition) is 0. The fourth-order valence-corrected chi connectivity index (χ4v) is 0.702. The first-order chi connectivity index (χ1) is 4.06. The van der Waals surface area contributed by atoms with E-state index in [4.69, 9.17) is 0 Å². The lowest BCUT2D eigenvalue weighted by molar-refractivity contribution is 0.435. The largest absolute Gasteiger partial charge is 0.103 e. The zero-order chi connectivity index (χ0) is 7.49. The molecular weight excluding hydrogens is 108 g/mol. The van der Waals surface area contributed by atoms with Crippen molar-refractivity contribution in [2.75, 3.05) is 0 Å². The van der Waals surface area contributed by atoms with Crippen molar-refractivity contribution in [3.8, 4) is 0 Å². The lowest BCUT2D eigenvalue weighted by Crippen LogP contribution is -2.16. The molecule has 0 aliphatic rings. The Morgan fingerprint density at radius 3 is 2.00 bits per heavy atom. The zero-order valence-corrected chi connectivity index (χ0v) is 6.99. The normalized spacial score (nSPS) is 17.4. The van der Waals surface area contributed by atoms with Crippen LogP contribution in [0.15, 0.2) is 12.7 Å². The SMILES string of the molecule is C=CC(C)(CC)[C](C)C. The predicted molar refractivity (Wildman–Crippen MR) is 43.2 cm³/mol. The van der Waals surface area contributed by atoms with Gasteiger partial charge in [-0.15, -0.1) is 6.58 Å². The van der Waals surface area contributed by atoms with Gasteiger partial charge in [0.15, 0.2) is 0 Å². The van der Waals surface area contributed by atoms with E-state index in [1.165, 1.54) is 5.92 Å². The molecule has 0 aromatic heterocycles. The van der Waals surface area contributed by atoms with Crippen LogP contribution in [0.3, 0.4) is 0 Å². The molecule has 0 rings (SSSR count). The molecule has 0 aromatic carbocycles. The third-order valence-corrected chi connectivity index (χ3v) is 2.33. The van der Waals surface area contributed by atoms with Crippen LogP contribution in [-0.2, 0) is 0 Å². The molecule has 53 valence electrons. The molecular formula is C9H17. The quantitative estimate of drug-likeness (QED) is 0.508. The molecule has 1 unspecified atom stereocenters. The Hall–Kier alpha value is -0.260. The molecule has 0 saturated heterocycles. The molecule has 0 aliphatic heterocycles. The highest BCUT2D eigenvalue weighted by molar-refractivity contribution is 5.07. The van der Waals surface area contributed by atoms with Crippen LogP contribution >= 0.6 is 0 Å². The second-order valence-electron chi connectivity index (χ2n) is 2.98. The summed E-state index contributed by atoms with van der Waals surface area (Å²) >= 11 is 0. The Bertz CT molecular complexity index is 92.2. The van der Waals surface area contributed by atoms with Gasteiger partial charge < -0.3 is 0 Å². The van der Waals surface area contributed by atoms with Gasteiger partial charge in [0.05, 0.1) is 0 Å². The van der Waals surface area contributed by atoms with Crippen molar-refractivity contribution >= 4 is 0 Å². The Morgan fingerprint density at radius 2 is 2.00 bits per heavy atom. The summed E-state index contributed by atoms with van der Waals surface area (Å²) in [4.78, 5) is 0. The summed E-state index contributed by atoms with van der Waals surface area (Å²) in [6.45, 7) is 12.5. The van der Waals surface area contributed by atoms with Gasteiger partial charge in [-0.25, -0.2) is 0 Å². The molecule has 1 atom stereocenters. The second kappa shape index (κ2) is 3.05. The smallest absolute Gasteiger partial charge is 0.00953 e. The van der Waals surface area contributed by atoms with E-state index in [1.54, 1.807) is 0 Å². The molecule has 0 nitrogen and oxygen atoms in total. The molecule has 9 heavy (non-hydrogen) atoms. The minimum atomic E-state index is 0.264. The van der Waals surface area contributed by atoms with Gasteiger partial charge >= 0.3 is 0 Å². The molecule has 0 aromatic rings. The van der Waals surface area contributed by atoms with Crippen LogP contribution in [-0.4, -0.2) is 0 Å². The highest BCUT2D eigenvalue weighted by Gasteiger charge is 2.21. The number of rotatable bonds is 3. The first kappa shape index (κ1) is 8.74. The van der Waals surface area contributed by atoms with Crippen molar-refractivity contribution in [2.24, 2.45) is 5.41 Å². The van der Waals surface area contributed by atoms with Gasteiger partial charge in [0, 0.05) is 0 Å². The van der Waals surface area contributed by atoms with E-state index >= 15 is 0 Å². The van der Waals surface area contributed by atoms with Crippen molar-refractivity contribution in [2.45, 2.75) is 34.1 Å². The second-order valence-corrected chi connectivity index (χ2v) is 2.98. The lowest BCUT2D eigenvalue weighted by Gasteiger charge is -2.27. The molecule has 1 radical (unpaired) electrons. The highest BCUT2D eigenvalue weighted by Crippen LogP contribution is 2.32. The van der Waals surface area contributed by atoms with E-state index < -0.39 is 0 Å². The molecule has 0 bridgehead atoms. The summed E-state index contributed by atoms with van der Waals surface area (Å²) in [7, 11) is 0. The van der Waals surface area contributed by atoms with Gasteiger partial charge in [-0.3, -0.25) is 0 Å². The standard InChI is InChI=1S/C9H17/c1-6-9(5,7-2)8(3)4/h6H,1,7H2,2-5H3. The topological polar surface area (TPSA) is 0 Å². The lowest BCUT2D eigenvalue weighted by atomic mass is 9.77. The third kappa shape index (κ3) is 1.85. The molecule has 0 heterocycles. The van der Waals surface area contributed by atoms with Crippen LogP contribution < -0.4 is 0 Å². The van der Waals surface area contributed by atoms with Gasteiger partial charge in [0.1, 0.15) is 0 Å². The molecule has 0 spiro atoms. The van der Waals surface area contributed by atoms with Gasteiger partial charge in [-0.05, 0) is 17.8 Å². The Balaban J connectivity index is 4.08. The van der Waals surface area contributed by atoms with Crippen molar-refractivity contribution in [3.05, 3.63) is 18.6 Å². The molecule has 0 fully saturated rings. The Kier molecular flexibility index (Phi) is 2.96.